The van der Waals surface area contributed by atoms with Crippen LogP contribution in [-0.2, 0) is 18.1 Å². The number of hydrogen-bond donors (Lipinski definition) is 3. The van der Waals surface area contributed by atoms with Gasteiger partial charge in [-0.25, -0.2) is 4.98 Å². The molecule has 1 heterocycles. The molecule has 0 radical (unpaired) electrons. The fourth-order valence-electron chi connectivity index (χ4n) is 3.56. The molecule has 1 unspecified atom stereocenters. The molecule has 1 saturated carbocycles. The van der Waals surface area contributed by atoms with Crippen LogP contribution in [-0.4, -0.2) is 46.4 Å². The minimum Gasteiger partial charge on any atom is -0.374 e. The van der Waals surface area contributed by atoms with E-state index in [1.165, 1.54) is 29.6 Å². The van der Waals surface area contributed by atoms with Crippen LogP contribution in [0, 0.1) is 0 Å². The van der Waals surface area contributed by atoms with Gasteiger partial charge in [0, 0.05) is 44.4 Å². The Morgan fingerprint density at radius 2 is 1.90 bits per heavy atom. The summed E-state index contributed by atoms with van der Waals surface area (Å²) in [6, 6.07) is 10.1. The highest BCUT2D eigenvalue weighted by Crippen LogP contribution is 2.48. The van der Waals surface area contributed by atoms with Crippen LogP contribution >= 0.6 is 24.0 Å². The first-order valence-electron chi connectivity index (χ1n) is 10.1. The molecule has 1 aromatic heterocycles. The number of nitrogens with zero attached hydrogens (tertiary/aromatic N) is 3. The van der Waals surface area contributed by atoms with Crippen molar-refractivity contribution in [2.24, 2.45) is 12.0 Å². The van der Waals surface area contributed by atoms with Crippen LogP contribution in [0.25, 0.3) is 0 Å². The van der Waals surface area contributed by atoms with E-state index in [9.17, 15) is 18.3 Å². The fraction of sp³-hybridized carbons (Fsp3) is 0.524. The van der Waals surface area contributed by atoms with Crippen LogP contribution in [0.2, 0.25) is 0 Å². The first kappa shape index (κ1) is 25.4. The number of imidazole rings is 1. The van der Waals surface area contributed by atoms with Gasteiger partial charge in [0.25, 0.3) is 0 Å². The highest BCUT2D eigenvalue weighted by Gasteiger charge is 2.57. The molecule has 1 aromatic carbocycles. The van der Waals surface area contributed by atoms with Gasteiger partial charge >= 0.3 is 6.18 Å². The lowest BCUT2D eigenvalue weighted by Crippen LogP contribution is -2.48. The van der Waals surface area contributed by atoms with Gasteiger partial charge in [0.05, 0.1) is 6.54 Å². The highest BCUT2D eigenvalue weighted by molar-refractivity contribution is 14.0. The number of guanidine groups is 1. The molecule has 0 aliphatic heterocycles. The summed E-state index contributed by atoms with van der Waals surface area (Å²) >= 11 is 0. The van der Waals surface area contributed by atoms with E-state index < -0.39 is 24.0 Å². The molecule has 0 spiro atoms. The molecule has 3 rings (SSSR count). The number of nitrogens with one attached hydrogen (secondary N) is 2. The Bertz CT molecular complexity index is 867. The molecule has 0 saturated heterocycles. The zero-order valence-corrected chi connectivity index (χ0v) is 19.9. The Kier molecular flexibility index (Phi) is 8.37. The summed E-state index contributed by atoms with van der Waals surface area (Å²) in [6.07, 6.45) is -0.753. The lowest BCUT2D eigenvalue weighted by atomic mass is 9.96. The number of aliphatic hydroxyl groups is 1. The molecule has 1 atom stereocenters. The summed E-state index contributed by atoms with van der Waals surface area (Å²) in [5, 5.41) is 16.4. The molecule has 31 heavy (non-hydrogen) atoms. The lowest BCUT2D eigenvalue weighted by Gasteiger charge is -2.30. The second kappa shape index (κ2) is 10.2. The second-order valence-electron chi connectivity index (χ2n) is 7.74. The predicted octanol–water partition coefficient (Wildman–Crippen LogP) is 3.47. The summed E-state index contributed by atoms with van der Waals surface area (Å²) in [5.41, 5.74) is -1.81. The SMILES string of the molecule is CCNC(=NCC1(c2ccccc2)CC1)NCCC(O)(c1nccn1C)C(F)(F)F.I. The Hall–Kier alpha value is -1.82. The Morgan fingerprint density at radius 1 is 1.23 bits per heavy atom. The minimum atomic E-state index is -4.85. The van der Waals surface area contributed by atoms with Crippen molar-refractivity contribution in [3.05, 3.63) is 54.1 Å². The third-order valence-electron chi connectivity index (χ3n) is 5.56. The highest BCUT2D eigenvalue weighted by atomic mass is 127. The van der Waals surface area contributed by atoms with Crippen molar-refractivity contribution in [2.75, 3.05) is 19.6 Å². The molecule has 172 valence electrons. The number of halogens is 4. The molecule has 0 bridgehead atoms. The van der Waals surface area contributed by atoms with E-state index in [0.29, 0.717) is 19.0 Å². The normalized spacial score (nSPS) is 17.4. The van der Waals surface area contributed by atoms with Gasteiger partial charge in [-0.1, -0.05) is 30.3 Å². The van der Waals surface area contributed by atoms with Crippen molar-refractivity contribution < 1.29 is 18.3 Å². The van der Waals surface area contributed by atoms with Gasteiger partial charge in [-0.05, 0) is 25.3 Å². The van der Waals surface area contributed by atoms with Crippen molar-refractivity contribution in [3.63, 3.8) is 0 Å². The van der Waals surface area contributed by atoms with Crippen LogP contribution in [0.15, 0.2) is 47.7 Å². The molecular formula is C21H29F3IN5O. The number of aliphatic imine (C=N–C) groups is 1. The maximum Gasteiger partial charge on any atom is 0.424 e. The van der Waals surface area contributed by atoms with Gasteiger partial charge in [0.2, 0.25) is 5.60 Å². The van der Waals surface area contributed by atoms with Crippen molar-refractivity contribution in [2.45, 2.75) is 43.4 Å². The first-order chi connectivity index (χ1) is 14.2. The van der Waals surface area contributed by atoms with E-state index in [1.807, 2.05) is 25.1 Å². The van der Waals surface area contributed by atoms with Gasteiger partial charge < -0.3 is 20.3 Å². The van der Waals surface area contributed by atoms with E-state index in [2.05, 4.69) is 32.7 Å². The number of benzene rings is 1. The molecule has 1 fully saturated rings. The average molecular weight is 551 g/mol. The van der Waals surface area contributed by atoms with Crippen molar-refractivity contribution in [1.82, 2.24) is 20.2 Å². The van der Waals surface area contributed by atoms with Crippen LogP contribution in [0.1, 0.15) is 37.6 Å². The molecule has 2 aromatic rings. The number of aromatic nitrogens is 2. The molecule has 3 N–H and O–H groups in total. The van der Waals surface area contributed by atoms with E-state index in [1.54, 1.807) is 0 Å². The summed E-state index contributed by atoms with van der Waals surface area (Å²) in [4.78, 5) is 8.31. The van der Waals surface area contributed by atoms with E-state index in [-0.39, 0.29) is 35.9 Å². The van der Waals surface area contributed by atoms with Crippen LogP contribution in [0.3, 0.4) is 0 Å². The van der Waals surface area contributed by atoms with Crippen LogP contribution < -0.4 is 10.6 Å². The van der Waals surface area contributed by atoms with Crippen molar-refractivity contribution in [3.8, 4) is 0 Å². The Labute approximate surface area is 197 Å². The van der Waals surface area contributed by atoms with Gasteiger partial charge in [-0.2, -0.15) is 13.2 Å². The van der Waals surface area contributed by atoms with E-state index in [4.69, 9.17) is 0 Å². The van der Waals surface area contributed by atoms with Crippen molar-refractivity contribution >= 4 is 29.9 Å². The largest absolute Gasteiger partial charge is 0.424 e. The molecule has 6 nitrogen and oxygen atoms in total. The van der Waals surface area contributed by atoms with Gasteiger partial charge in [-0.3, -0.25) is 4.99 Å². The van der Waals surface area contributed by atoms with E-state index >= 15 is 0 Å². The summed E-state index contributed by atoms with van der Waals surface area (Å²) in [6.45, 7) is 2.90. The Morgan fingerprint density at radius 3 is 2.42 bits per heavy atom. The smallest absolute Gasteiger partial charge is 0.374 e. The van der Waals surface area contributed by atoms with Crippen LogP contribution in [0.5, 0.6) is 0 Å². The maximum atomic E-state index is 13.6. The molecule has 1 aliphatic carbocycles. The van der Waals surface area contributed by atoms with Gasteiger partial charge in [0.15, 0.2) is 5.96 Å². The number of rotatable bonds is 8. The first-order valence-corrected chi connectivity index (χ1v) is 10.1. The topological polar surface area (TPSA) is 74.5 Å². The Balaban J connectivity index is 0.00000341. The monoisotopic (exact) mass is 551 g/mol. The predicted molar refractivity (Wildman–Crippen MR) is 125 cm³/mol. The van der Waals surface area contributed by atoms with Gasteiger partial charge in [0.1, 0.15) is 5.82 Å². The zero-order chi connectivity index (χ0) is 21.8. The number of alkyl halides is 3. The van der Waals surface area contributed by atoms with Crippen LogP contribution in [0.4, 0.5) is 13.2 Å². The number of aryl methyl sites for hydroxylation is 1. The molecule has 1 aliphatic rings. The maximum absolute atomic E-state index is 13.6. The summed E-state index contributed by atoms with van der Waals surface area (Å²) in [7, 11) is 1.43. The molecule has 0 amide bonds. The molecule has 10 heteroatoms. The van der Waals surface area contributed by atoms with Crippen molar-refractivity contribution in [1.29, 1.82) is 0 Å². The standard InChI is InChI=1S/C21H28F3N5O.HI/c1-3-25-18(28-15-19(9-10-19)16-7-5-4-6-8-16)27-12-11-20(30,21(22,23)24)17-26-13-14-29(17)2;/h4-8,13-14,30H,3,9-12,15H2,1-2H3,(H2,25,27,28);1H. The average Bonchev–Trinajstić information content (AvgIpc) is 3.38. The number of hydrogen-bond acceptors (Lipinski definition) is 3. The lowest BCUT2D eigenvalue weighted by molar-refractivity contribution is -0.272. The fourth-order valence-corrected chi connectivity index (χ4v) is 3.56. The van der Waals surface area contributed by atoms with E-state index in [0.717, 1.165) is 12.8 Å². The zero-order valence-electron chi connectivity index (χ0n) is 17.6. The van der Waals surface area contributed by atoms with Gasteiger partial charge in [-0.15, -0.1) is 24.0 Å². The second-order valence-corrected chi connectivity index (χ2v) is 7.74. The minimum absolute atomic E-state index is 0. The summed E-state index contributed by atoms with van der Waals surface area (Å²) < 4.78 is 42.1. The quantitative estimate of drug-likeness (QED) is 0.267. The third kappa shape index (κ3) is 5.71. The molecular weight excluding hydrogens is 522 g/mol. The third-order valence-corrected chi connectivity index (χ3v) is 5.56. The summed E-state index contributed by atoms with van der Waals surface area (Å²) in [5.74, 6) is 0.00354.